The molecule has 1 unspecified atom stereocenters. The van der Waals surface area contributed by atoms with Gasteiger partial charge in [-0.2, -0.15) is 0 Å². The van der Waals surface area contributed by atoms with Gasteiger partial charge in [-0.3, -0.25) is 9.59 Å². The molecule has 194 valence electrons. The van der Waals surface area contributed by atoms with Crippen LogP contribution in [0.4, 0.5) is 11.4 Å². The Kier molecular flexibility index (Phi) is 7.97. The number of carbonyl (C=O) groups excluding carboxylic acids is 2. The van der Waals surface area contributed by atoms with Gasteiger partial charge < -0.3 is 24.4 Å². The maximum Gasteiger partial charge on any atom is 0.242 e. The molecule has 1 aliphatic rings. The molecule has 0 spiro atoms. The van der Waals surface area contributed by atoms with Crippen molar-refractivity contribution >= 4 is 46.4 Å². The minimum atomic E-state index is -1.15. The van der Waals surface area contributed by atoms with Gasteiger partial charge in [0.1, 0.15) is 16.9 Å². The van der Waals surface area contributed by atoms with E-state index < -0.39 is 5.41 Å². The number of benzene rings is 3. The van der Waals surface area contributed by atoms with Crippen LogP contribution in [0.15, 0.2) is 54.6 Å². The molecule has 1 atom stereocenters. The normalized spacial score (nSPS) is 16.5. The van der Waals surface area contributed by atoms with Crippen LogP contribution in [-0.4, -0.2) is 39.8 Å². The van der Waals surface area contributed by atoms with Crippen molar-refractivity contribution in [1.82, 2.24) is 0 Å². The Hall–Kier alpha value is -3.26. The van der Waals surface area contributed by atoms with Crippen LogP contribution in [0, 0.1) is 0 Å². The van der Waals surface area contributed by atoms with E-state index in [9.17, 15) is 9.59 Å². The first-order valence-electron chi connectivity index (χ1n) is 11.6. The highest BCUT2D eigenvalue weighted by Gasteiger charge is 2.50. The third-order valence-electron chi connectivity index (χ3n) is 6.61. The lowest BCUT2D eigenvalue weighted by Gasteiger charge is -2.27. The lowest BCUT2D eigenvalue weighted by molar-refractivity contribution is -0.121. The van der Waals surface area contributed by atoms with E-state index in [-0.39, 0.29) is 24.8 Å². The summed E-state index contributed by atoms with van der Waals surface area (Å²) in [5.41, 5.74) is 2.21. The fourth-order valence-corrected chi connectivity index (χ4v) is 5.09. The van der Waals surface area contributed by atoms with Crippen LogP contribution in [0.5, 0.6) is 11.5 Å². The Balaban J connectivity index is 1.77. The molecule has 0 fully saturated rings. The number of fused-ring (bicyclic) bond motifs is 1. The third kappa shape index (κ3) is 5.12. The van der Waals surface area contributed by atoms with Crippen molar-refractivity contribution in [3.8, 4) is 11.5 Å². The topological polar surface area (TPSA) is 77.1 Å². The quantitative estimate of drug-likeness (QED) is 0.367. The van der Waals surface area contributed by atoms with Gasteiger partial charge in [0.15, 0.2) is 0 Å². The van der Waals surface area contributed by atoms with Crippen molar-refractivity contribution in [2.75, 3.05) is 38.2 Å². The Morgan fingerprint density at radius 3 is 2.46 bits per heavy atom. The first-order valence-corrected chi connectivity index (χ1v) is 12.4. The highest BCUT2D eigenvalue weighted by Crippen LogP contribution is 2.50. The van der Waals surface area contributed by atoms with E-state index in [1.807, 2.05) is 25.1 Å². The van der Waals surface area contributed by atoms with Crippen LogP contribution in [0.25, 0.3) is 0 Å². The summed E-state index contributed by atoms with van der Waals surface area (Å²) in [7, 11) is 4.70. The van der Waals surface area contributed by atoms with Crippen LogP contribution in [0.2, 0.25) is 10.0 Å². The predicted molar refractivity (Wildman–Crippen MR) is 145 cm³/mol. The Morgan fingerprint density at radius 2 is 1.76 bits per heavy atom. The number of nitrogens with zero attached hydrogens (tertiary/aromatic N) is 1. The fraction of sp³-hybridized carbons (Fsp3) is 0.286. The molecule has 0 aliphatic carbocycles. The summed E-state index contributed by atoms with van der Waals surface area (Å²) in [6, 6.07) is 16.0. The summed E-state index contributed by atoms with van der Waals surface area (Å²) in [6.07, 6.45) is 0.209. The standard InChI is InChI=1S/C28H28Cl2N2O5/c1-28(21-14-19(7-9-23(21)30)31-26(33)11-12-35-2)22-13-18(29)6-10-24(22)32(27(28)34)16-17-5-8-20(36-3)15-25(17)37-4/h5-10,13-15H,11-12,16H2,1-4H3,(H,31,33). The molecule has 37 heavy (non-hydrogen) atoms. The molecule has 0 radical (unpaired) electrons. The molecule has 3 aromatic carbocycles. The highest BCUT2D eigenvalue weighted by atomic mass is 35.5. The summed E-state index contributed by atoms with van der Waals surface area (Å²) >= 11 is 13.1. The molecule has 9 heteroatoms. The van der Waals surface area contributed by atoms with Crippen molar-refractivity contribution in [3.63, 3.8) is 0 Å². The van der Waals surface area contributed by atoms with Gasteiger partial charge in [-0.15, -0.1) is 0 Å². The van der Waals surface area contributed by atoms with E-state index in [0.29, 0.717) is 39.4 Å². The lowest BCUT2D eigenvalue weighted by atomic mass is 9.77. The average molecular weight is 543 g/mol. The van der Waals surface area contributed by atoms with E-state index >= 15 is 0 Å². The number of methoxy groups -OCH3 is 3. The number of carbonyl (C=O) groups is 2. The SMILES string of the molecule is COCCC(=O)Nc1ccc(Cl)c(C2(C)C(=O)N(Cc3ccc(OC)cc3OC)c3ccc(Cl)cc32)c1. The van der Waals surface area contributed by atoms with Crippen molar-refractivity contribution < 1.29 is 23.8 Å². The van der Waals surface area contributed by atoms with E-state index in [2.05, 4.69) is 5.32 Å². The minimum absolute atomic E-state index is 0.174. The second-order valence-corrected chi connectivity index (χ2v) is 9.68. The summed E-state index contributed by atoms with van der Waals surface area (Å²) < 4.78 is 15.9. The van der Waals surface area contributed by atoms with Gasteiger partial charge in [0.2, 0.25) is 11.8 Å². The molecule has 7 nitrogen and oxygen atoms in total. The van der Waals surface area contributed by atoms with Crippen LogP contribution < -0.4 is 19.7 Å². The molecule has 1 aliphatic heterocycles. The van der Waals surface area contributed by atoms with E-state index in [4.69, 9.17) is 37.4 Å². The molecule has 1 heterocycles. The maximum atomic E-state index is 14.2. The maximum absolute atomic E-state index is 14.2. The van der Waals surface area contributed by atoms with Crippen molar-refractivity contribution in [2.24, 2.45) is 0 Å². The highest BCUT2D eigenvalue weighted by molar-refractivity contribution is 6.33. The van der Waals surface area contributed by atoms with Gasteiger partial charge >= 0.3 is 0 Å². The lowest BCUT2D eigenvalue weighted by Crippen LogP contribution is -2.39. The number of halogens is 2. The number of ether oxygens (including phenoxy) is 3. The van der Waals surface area contributed by atoms with E-state index in [1.54, 1.807) is 55.5 Å². The molecule has 0 bridgehead atoms. The minimum Gasteiger partial charge on any atom is -0.497 e. The van der Waals surface area contributed by atoms with Gasteiger partial charge in [0.25, 0.3) is 0 Å². The van der Waals surface area contributed by atoms with Crippen molar-refractivity contribution in [3.05, 3.63) is 81.3 Å². The third-order valence-corrected chi connectivity index (χ3v) is 7.17. The zero-order chi connectivity index (χ0) is 26.7. The summed E-state index contributed by atoms with van der Waals surface area (Å²) in [6.45, 7) is 2.40. The molecular formula is C28H28Cl2N2O5. The van der Waals surface area contributed by atoms with Crippen LogP contribution in [0.3, 0.4) is 0 Å². The monoisotopic (exact) mass is 542 g/mol. The smallest absolute Gasteiger partial charge is 0.242 e. The first-order chi connectivity index (χ1) is 17.7. The Morgan fingerprint density at radius 1 is 0.973 bits per heavy atom. The number of rotatable bonds is 9. The average Bonchev–Trinajstić information content (AvgIpc) is 3.10. The zero-order valence-corrected chi connectivity index (χ0v) is 22.6. The molecule has 3 aromatic rings. The van der Waals surface area contributed by atoms with Gasteiger partial charge in [0, 0.05) is 40.2 Å². The van der Waals surface area contributed by atoms with E-state index in [1.165, 1.54) is 7.11 Å². The van der Waals surface area contributed by atoms with Gasteiger partial charge in [-0.1, -0.05) is 23.2 Å². The Bertz CT molecular complexity index is 1350. The van der Waals surface area contributed by atoms with Crippen LogP contribution in [-0.2, 0) is 26.3 Å². The summed E-state index contributed by atoms with van der Waals surface area (Å²) in [5.74, 6) is 0.888. The number of nitrogens with one attached hydrogen (secondary N) is 1. The molecule has 0 saturated heterocycles. The zero-order valence-electron chi connectivity index (χ0n) is 21.1. The second-order valence-electron chi connectivity index (χ2n) is 8.84. The van der Waals surface area contributed by atoms with Crippen molar-refractivity contribution in [1.29, 1.82) is 0 Å². The molecule has 1 N–H and O–H groups in total. The molecule has 0 aromatic heterocycles. The number of anilines is 2. The molecular weight excluding hydrogens is 515 g/mol. The first kappa shape index (κ1) is 26.8. The second kappa shape index (κ2) is 11.0. The summed E-state index contributed by atoms with van der Waals surface area (Å²) in [4.78, 5) is 28.2. The van der Waals surface area contributed by atoms with Crippen molar-refractivity contribution in [2.45, 2.75) is 25.3 Å². The van der Waals surface area contributed by atoms with Crippen LogP contribution >= 0.6 is 23.2 Å². The largest absolute Gasteiger partial charge is 0.497 e. The van der Waals surface area contributed by atoms with Gasteiger partial charge in [0.05, 0.1) is 33.8 Å². The fourth-order valence-electron chi connectivity index (χ4n) is 4.61. The van der Waals surface area contributed by atoms with Crippen LogP contribution in [0.1, 0.15) is 30.0 Å². The predicted octanol–water partition coefficient (Wildman–Crippen LogP) is 5.84. The van der Waals surface area contributed by atoms with E-state index in [0.717, 1.165) is 16.8 Å². The molecule has 2 amide bonds. The summed E-state index contributed by atoms with van der Waals surface area (Å²) in [5, 5.41) is 3.76. The Labute approximate surface area is 226 Å². The molecule has 4 rings (SSSR count). The van der Waals surface area contributed by atoms with Gasteiger partial charge in [-0.05, 0) is 66.6 Å². The number of hydrogen-bond acceptors (Lipinski definition) is 5. The number of amides is 2. The van der Waals surface area contributed by atoms with Gasteiger partial charge in [-0.25, -0.2) is 0 Å². The molecule has 0 saturated carbocycles. The number of hydrogen-bond donors (Lipinski definition) is 1.